The van der Waals surface area contributed by atoms with Gasteiger partial charge in [-0.15, -0.1) is 0 Å². The summed E-state index contributed by atoms with van der Waals surface area (Å²) in [5.41, 5.74) is 5.20. The molecule has 0 amide bonds. The average Bonchev–Trinajstić information content (AvgIpc) is 2.82. The predicted molar refractivity (Wildman–Crippen MR) is 117 cm³/mol. The van der Waals surface area contributed by atoms with E-state index in [2.05, 4.69) is 12.1 Å². The van der Waals surface area contributed by atoms with E-state index >= 15 is 0 Å². The summed E-state index contributed by atoms with van der Waals surface area (Å²) in [7, 11) is 0. The van der Waals surface area contributed by atoms with Crippen molar-refractivity contribution in [2.75, 3.05) is 0 Å². The van der Waals surface area contributed by atoms with E-state index in [4.69, 9.17) is 0 Å². The van der Waals surface area contributed by atoms with E-state index in [1.165, 1.54) is 0 Å². The summed E-state index contributed by atoms with van der Waals surface area (Å²) in [6.45, 7) is 0. The zero-order valence-electron chi connectivity index (χ0n) is 15.9. The number of rotatable bonds is 6. The lowest BCUT2D eigenvalue weighted by Crippen LogP contribution is -1.87. The number of carbonyl (C=O) groups is 2. The Morgan fingerprint density at radius 2 is 0.833 bits per heavy atom. The quantitative estimate of drug-likeness (QED) is 0.320. The molecule has 0 saturated heterocycles. The maximum atomic E-state index is 10.8. The van der Waals surface area contributed by atoms with Gasteiger partial charge in [-0.25, -0.2) is 0 Å². The zero-order chi connectivity index (χ0) is 21.3. The molecule has 0 aliphatic carbocycles. The van der Waals surface area contributed by atoms with Crippen molar-refractivity contribution >= 4 is 35.9 Å². The highest BCUT2D eigenvalue weighted by atomic mass is 16.1. The Morgan fingerprint density at radius 3 is 1.10 bits per heavy atom. The molecule has 0 aliphatic heterocycles. The number of nitrogens with zero attached hydrogens (tertiary/aromatic N) is 2. The maximum absolute atomic E-state index is 10.8. The molecule has 0 aromatic heterocycles. The number of benzene rings is 3. The van der Waals surface area contributed by atoms with Gasteiger partial charge in [0.2, 0.25) is 0 Å². The van der Waals surface area contributed by atoms with E-state index in [0.29, 0.717) is 22.3 Å². The largest absolute Gasteiger partial charge is 0.298 e. The third-order valence-electron chi connectivity index (χ3n) is 4.51. The van der Waals surface area contributed by atoms with Crippen LogP contribution in [0.25, 0.3) is 23.3 Å². The van der Waals surface area contributed by atoms with Gasteiger partial charge in [-0.05, 0) is 34.4 Å². The third kappa shape index (κ3) is 4.84. The third-order valence-corrected chi connectivity index (χ3v) is 4.51. The molecule has 4 heteroatoms. The second kappa shape index (κ2) is 9.59. The molecule has 30 heavy (non-hydrogen) atoms. The van der Waals surface area contributed by atoms with Crippen molar-refractivity contribution in [2.45, 2.75) is 0 Å². The van der Waals surface area contributed by atoms with E-state index in [-0.39, 0.29) is 0 Å². The Kier molecular flexibility index (Phi) is 6.46. The van der Waals surface area contributed by atoms with Crippen molar-refractivity contribution in [3.8, 4) is 12.1 Å². The second-order valence-corrected chi connectivity index (χ2v) is 6.49. The van der Waals surface area contributed by atoms with E-state index in [1.54, 1.807) is 84.9 Å². The maximum Gasteiger partial charge on any atom is 0.150 e. The fourth-order valence-corrected chi connectivity index (χ4v) is 2.86. The summed E-state index contributed by atoms with van der Waals surface area (Å²) in [6, 6.07) is 25.5. The van der Waals surface area contributed by atoms with Gasteiger partial charge in [0, 0.05) is 11.1 Å². The SMILES string of the molecule is N#C/C(=C\c1ccc(C=O)cc1)c1ccc(/C(C#N)=C\c2ccc(C=O)cc2)cc1. The highest BCUT2D eigenvalue weighted by Crippen LogP contribution is 2.23. The molecule has 0 fully saturated rings. The minimum Gasteiger partial charge on any atom is -0.298 e. The van der Waals surface area contributed by atoms with Crippen LogP contribution in [0.2, 0.25) is 0 Å². The molecular formula is C26H16N2O2. The molecule has 0 atom stereocenters. The molecule has 0 saturated carbocycles. The van der Waals surface area contributed by atoms with Crippen LogP contribution in [0.3, 0.4) is 0 Å². The van der Waals surface area contributed by atoms with Crippen LogP contribution in [0.1, 0.15) is 43.0 Å². The number of nitriles is 2. The van der Waals surface area contributed by atoms with E-state index in [9.17, 15) is 20.1 Å². The first-order chi connectivity index (χ1) is 14.7. The van der Waals surface area contributed by atoms with Crippen molar-refractivity contribution < 1.29 is 9.59 Å². The second-order valence-electron chi connectivity index (χ2n) is 6.49. The number of hydrogen-bond donors (Lipinski definition) is 0. The lowest BCUT2D eigenvalue weighted by atomic mass is 9.98. The number of hydrogen-bond acceptors (Lipinski definition) is 4. The van der Waals surface area contributed by atoms with Gasteiger partial charge in [-0.2, -0.15) is 10.5 Å². The monoisotopic (exact) mass is 388 g/mol. The summed E-state index contributed by atoms with van der Waals surface area (Å²) in [5, 5.41) is 19.1. The Hall–Kier alpha value is -4.54. The number of aldehydes is 2. The summed E-state index contributed by atoms with van der Waals surface area (Å²) >= 11 is 0. The van der Waals surface area contributed by atoms with Gasteiger partial charge >= 0.3 is 0 Å². The summed E-state index contributed by atoms with van der Waals surface area (Å²) < 4.78 is 0. The molecule has 0 aliphatic rings. The van der Waals surface area contributed by atoms with Gasteiger partial charge in [0.15, 0.2) is 0 Å². The smallest absolute Gasteiger partial charge is 0.150 e. The lowest BCUT2D eigenvalue weighted by molar-refractivity contribution is 0.111. The molecule has 3 aromatic rings. The van der Waals surface area contributed by atoms with Gasteiger partial charge in [-0.3, -0.25) is 9.59 Å². The molecule has 3 rings (SSSR count). The molecule has 4 nitrogen and oxygen atoms in total. The summed E-state index contributed by atoms with van der Waals surface area (Å²) in [4.78, 5) is 21.5. The van der Waals surface area contributed by atoms with Crippen LogP contribution < -0.4 is 0 Å². The number of carbonyl (C=O) groups excluding carboxylic acids is 2. The lowest BCUT2D eigenvalue weighted by Gasteiger charge is -2.04. The van der Waals surface area contributed by atoms with Crippen molar-refractivity contribution in [1.82, 2.24) is 0 Å². The van der Waals surface area contributed by atoms with Crippen LogP contribution in [-0.2, 0) is 0 Å². The molecular weight excluding hydrogens is 372 g/mol. The Balaban J connectivity index is 1.87. The average molecular weight is 388 g/mol. The molecule has 0 radical (unpaired) electrons. The van der Waals surface area contributed by atoms with Crippen LogP contribution in [0.5, 0.6) is 0 Å². The van der Waals surface area contributed by atoms with Crippen molar-refractivity contribution in [2.24, 2.45) is 0 Å². The molecule has 3 aromatic carbocycles. The standard InChI is InChI=1S/C26H16N2O2/c27-15-25(13-19-1-5-21(17-29)6-2-19)23-9-11-24(12-10-23)26(16-28)14-20-3-7-22(18-30)8-4-20/h1-14,17-18H/b25-13-,26-14+. The highest BCUT2D eigenvalue weighted by Gasteiger charge is 2.05. The molecule has 0 unspecified atom stereocenters. The first-order valence-corrected chi connectivity index (χ1v) is 9.11. The van der Waals surface area contributed by atoms with Crippen LogP contribution in [0, 0.1) is 22.7 Å². The summed E-state index contributed by atoms with van der Waals surface area (Å²) in [5.74, 6) is 0. The van der Waals surface area contributed by atoms with Crippen LogP contribution in [-0.4, -0.2) is 12.6 Å². The van der Waals surface area contributed by atoms with Gasteiger partial charge in [-0.1, -0.05) is 72.8 Å². The predicted octanol–water partition coefficient (Wildman–Crippen LogP) is 5.44. The Morgan fingerprint density at radius 1 is 0.533 bits per heavy atom. The minimum absolute atomic E-state index is 0.479. The van der Waals surface area contributed by atoms with Crippen LogP contribution in [0.4, 0.5) is 0 Å². The topological polar surface area (TPSA) is 81.7 Å². The first kappa shape index (κ1) is 20.2. The summed E-state index contributed by atoms with van der Waals surface area (Å²) in [6.07, 6.45) is 5.04. The van der Waals surface area contributed by atoms with Crippen molar-refractivity contribution in [1.29, 1.82) is 10.5 Å². The molecule has 0 heterocycles. The highest BCUT2D eigenvalue weighted by molar-refractivity contribution is 5.93. The number of allylic oxidation sites excluding steroid dienone is 2. The molecule has 0 N–H and O–H groups in total. The Labute approximate surface area is 174 Å². The van der Waals surface area contributed by atoms with E-state index in [0.717, 1.165) is 34.8 Å². The first-order valence-electron chi connectivity index (χ1n) is 9.11. The van der Waals surface area contributed by atoms with Gasteiger partial charge in [0.25, 0.3) is 0 Å². The fraction of sp³-hybridized carbons (Fsp3) is 0. The van der Waals surface area contributed by atoms with Gasteiger partial charge < -0.3 is 0 Å². The molecule has 142 valence electrons. The van der Waals surface area contributed by atoms with E-state index < -0.39 is 0 Å². The van der Waals surface area contributed by atoms with Gasteiger partial charge in [0.05, 0.1) is 23.3 Å². The zero-order valence-corrected chi connectivity index (χ0v) is 15.9. The fourth-order valence-electron chi connectivity index (χ4n) is 2.86. The van der Waals surface area contributed by atoms with Crippen LogP contribution >= 0.6 is 0 Å². The van der Waals surface area contributed by atoms with Crippen LogP contribution in [0.15, 0.2) is 72.8 Å². The molecule has 0 bridgehead atoms. The normalized spacial score (nSPS) is 11.3. The van der Waals surface area contributed by atoms with Gasteiger partial charge in [0.1, 0.15) is 12.6 Å². The van der Waals surface area contributed by atoms with Crippen molar-refractivity contribution in [3.63, 3.8) is 0 Å². The molecule has 0 spiro atoms. The Bertz CT molecular complexity index is 1100. The minimum atomic E-state index is 0.479. The van der Waals surface area contributed by atoms with E-state index in [1.807, 2.05) is 0 Å². The van der Waals surface area contributed by atoms with Crippen molar-refractivity contribution in [3.05, 3.63) is 106 Å².